The number of nitrogens with one attached hydrogen (secondary N) is 2. The lowest BCUT2D eigenvalue weighted by Crippen LogP contribution is -2.26. The van der Waals surface area contributed by atoms with E-state index in [9.17, 15) is 14.7 Å². The van der Waals surface area contributed by atoms with Gasteiger partial charge in [0.2, 0.25) is 0 Å². The van der Waals surface area contributed by atoms with Crippen molar-refractivity contribution >= 4 is 29.0 Å². The van der Waals surface area contributed by atoms with Crippen molar-refractivity contribution in [2.75, 3.05) is 13.2 Å². The van der Waals surface area contributed by atoms with Crippen LogP contribution in [-0.4, -0.2) is 35.3 Å². The Morgan fingerprint density at radius 2 is 1.58 bits per heavy atom. The topological polar surface area (TPSA) is 91.4 Å². The minimum atomic E-state index is -1.03. The zero-order valence-electron chi connectivity index (χ0n) is 17.7. The van der Waals surface area contributed by atoms with Crippen molar-refractivity contribution in [1.29, 1.82) is 0 Å². The second-order valence-corrected chi connectivity index (χ2v) is 7.87. The van der Waals surface area contributed by atoms with Gasteiger partial charge < -0.3 is 20.1 Å². The summed E-state index contributed by atoms with van der Waals surface area (Å²) in [7, 11) is 0. The number of carbonyl (C=O) groups excluding carboxylic acids is 1. The quantitative estimate of drug-likeness (QED) is 0.375. The monoisotopic (exact) mass is 438 g/mol. The van der Waals surface area contributed by atoms with E-state index >= 15 is 0 Å². The van der Waals surface area contributed by atoms with E-state index in [-0.39, 0.29) is 24.8 Å². The minimum Gasteiger partial charge on any atom is -0.477 e. The zero-order valence-corrected chi connectivity index (χ0v) is 17.7. The van der Waals surface area contributed by atoms with Gasteiger partial charge in [-0.1, -0.05) is 78.9 Å². The molecular weight excluding hydrogens is 416 g/mol. The maximum atomic E-state index is 12.3. The number of ether oxygens (including phenoxy) is 1. The van der Waals surface area contributed by atoms with Gasteiger partial charge in [-0.2, -0.15) is 0 Å². The van der Waals surface area contributed by atoms with Gasteiger partial charge in [0.05, 0.1) is 0 Å². The van der Waals surface area contributed by atoms with E-state index in [4.69, 9.17) is 4.74 Å². The highest BCUT2D eigenvalue weighted by molar-refractivity contribution is 6.01. The predicted molar refractivity (Wildman–Crippen MR) is 127 cm³/mol. The summed E-state index contributed by atoms with van der Waals surface area (Å²) in [6, 6.07) is 23.7. The van der Waals surface area contributed by atoms with Crippen LogP contribution in [-0.2, 0) is 4.74 Å². The second kappa shape index (κ2) is 8.67. The summed E-state index contributed by atoms with van der Waals surface area (Å²) in [5.74, 6) is -1.03. The molecule has 1 amide bonds. The number of H-pyrrole nitrogens is 1. The van der Waals surface area contributed by atoms with E-state index in [1.165, 1.54) is 11.1 Å². The minimum absolute atomic E-state index is 0.00281. The average Bonchev–Trinajstić information content (AvgIpc) is 3.37. The Kier molecular flexibility index (Phi) is 5.40. The van der Waals surface area contributed by atoms with Gasteiger partial charge in [0.15, 0.2) is 0 Å². The van der Waals surface area contributed by atoms with Crippen LogP contribution in [0, 0.1) is 0 Å². The van der Waals surface area contributed by atoms with Crippen LogP contribution in [0.4, 0.5) is 4.79 Å². The molecule has 0 saturated carbocycles. The summed E-state index contributed by atoms with van der Waals surface area (Å²) in [6.07, 6.45) is 2.90. The number of aromatic amines is 1. The SMILES string of the molecule is O=C(NCC=Cc1c(C(=O)O)[nH]c2ccccc12)OCC1c2ccccc2-c2ccccc21. The van der Waals surface area contributed by atoms with Gasteiger partial charge in [0, 0.05) is 28.9 Å². The van der Waals surface area contributed by atoms with Crippen LogP contribution >= 0.6 is 0 Å². The molecule has 0 atom stereocenters. The van der Waals surface area contributed by atoms with Crippen LogP contribution in [0.25, 0.3) is 28.1 Å². The molecule has 3 aromatic carbocycles. The smallest absolute Gasteiger partial charge is 0.407 e. The van der Waals surface area contributed by atoms with Crippen molar-refractivity contribution < 1.29 is 19.4 Å². The van der Waals surface area contributed by atoms with Crippen molar-refractivity contribution in [1.82, 2.24) is 10.3 Å². The highest BCUT2D eigenvalue weighted by Gasteiger charge is 2.28. The van der Waals surface area contributed by atoms with Gasteiger partial charge in [-0.05, 0) is 28.3 Å². The van der Waals surface area contributed by atoms with Crippen LogP contribution in [0.3, 0.4) is 0 Å². The summed E-state index contributed by atoms with van der Waals surface area (Å²) < 4.78 is 5.52. The molecule has 164 valence electrons. The number of amides is 1. The molecule has 5 rings (SSSR count). The number of aromatic carboxylic acids is 1. The maximum absolute atomic E-state index is 12.3. The van der Waals surface area contributed by atoms with Crippen molar-refractivity contribution in [2.24, 2.45) is 0 Å². The van der Waals surface area contributed by atoms with Crippen LogP contribution in [0.5, 0.6) is 0 Å². The molecule has 0 unspecified atom stereocenters. The Bertz CT molecular complexity index is 1340. The molecule has 0 aliphatic heterocycles. The van der Waals surface area contributed by atoms with E-state index in [1.54, 1.807) is 12.2 Å². The van der Waals surface area contributed by atoms with E-state index in [0.29, 0.717) is 5.56 Å². The zero-order chi connectivity index (χ0) is 22.8. The number of hydrogen-bond acceptors (Lipinski definition) is 3. The van der Waals surface area contributed by atoms with Crippen molar-refractivity contribution in [3.63, 3.8) is 0 Å². The van der Waals surface area contributed by atoms with Crippen molar-refractivity contribution in [2.45, 2.75) is 5.92 Å². The predicted octanol–water partition coefficient (Wildman–Crippen LogP) is 5.42. The first kappa shape index (κ1) is 20.6. The van der Waals surface area contributed by atoms with Crippen LogP contribution in [0.2, 0.25) is 0 Å². The molecule has 1 aliphatic rings. The molecule has 0 saturated heterocycles. The number of aromatic nitrogens is 1. The molecule has 4 aromatic rings. The Morgan fingerprint density at radius 3 is 2.27 bits per heavy atom. The molecule has 0 radical (unpaired) electrons. The summed E-state index contributed by atoms with van der Waals surface area (Å²) in [5, 5.41) is 13.0. The second-order valence-electron chi connectivity index (χ2n) is 7.87. The molecule has 1 aliphatic carbocycles. The fourth-order valence-corrected chi connectivity index (χ4v) is 4.47. The molecule has 6 nitrogen and oxygen atoms in total. The number of benzene rings is 3. The lowest BCUT2D eigenvalue weighted by atomic mass is 9.98. The third-order valence-corrected chi connectivity index (χ3v) is 5.95. The Labute approximate surface area is 190 Å². The number of hydrogen-bond donors (Lipinski definition) is 3. The fourth-order valence-electron chi connectivity index (χ4n) is 4.47. The number of carboxylic acids is 1. The van der Waals surface area contributed by atoms with Crippen molar-refractivity contribution in [3.8, 4) is 11.1 Å². The van der Waals surface area contributed by atoms with Crippen LogP contribution in [0.1, 0.15) is 33.1 Å². The van der Waals surface area contributed by atoms with E-state index in [2.05, 4.69) is 34.6 Å². The van der Waals surface area contributed by atoms with Crippen LogP contribution < -0.4 is 5.32 Å². The van der Waals surface area contributed by atoms with E-state index in [0.717, 1.165) is 22.0 Å². The Morgan fingerprint density at radius 1 is 0.939 bits per heavy atom. The third-order valence-electron chi connectivity index (χ3n) is 5.95. The molecule has 0 bridgehead atoms. The number of alkyl carbamates (subject to hydrolysis) is 1. The summed E-state index contributed by atoms with van der Waals surface area (Å²) in [4.78, 5) is 26.8. The molecule has 1 aromatic heterocycles. The lowest BCUT2D eigenvalue weighted by Gasteiger charge is -2.14. The summed E-state index contributed by atoms with van der Waals surface area (Å²) in [5.41, 5.74) is 6.12. The molecule has 6 heteroatoms. The van der Waals surface area contributed by atoms with Gasteiger partial charge in [0.25, 0.3) is 0 Å². The fraction of sp³-hybridized carbons (Fsp3) is 0.111. The summed E-state index contributed by atoms with van der Waals surface area (Å²) in [6.45, 7) is 0.463. The molecule has 0 spiro atoms. The van der Waals surface area contributed by atoms with E-state index < -0.39 is 12.1 Å². The normalized spacial score (nSPS) is 12.6. The number of carbonyl (C=O) groups is 2. The third kappa shape index (κ3) is 3.87. The molecule has 33 heavy (non-hydrogen) atoms. The first-order chi connectivity index (χ1) is 16.1. The van der Waals surface area contributed by atoms with Gasteiger partial charge in [-0.15, -0.1) is 0 Å². The molecule has 1 heterocycles. The average molecular weight is 438 g/mol. The Hall–Kier alpha value is -4.32. The number of rotatable bonds is 6. The highest BCUT2D eigenvalue weighted by atomic mass is 16.5. The first-order valence-electron chi connectivity index (χ1n) is 10.7. The highest BCUT2D eigenvalue weighted by Crippen LogP contribution is 2.44. The van der Waals surface area contributed by atoms with Gasteiger partial charge in [0.1, 0.15) is 12.3 Å². The first-order valence-corrected chi connectivity index (χ1v) is 10.7. The van der Waals surface area contributed by atoms with Crippen LogP contribution in [0.15, 0.2) is 78.9 Å². The lowest BCUT2D eigenvalue weighted by molar-refractivity contribution is 0.0691. The number of carboxylic acid groups (broad SMARTS) is 1. The van der Waals surface area contributed by atoms with Gasteiger partial charge >= 0.3 is 12.1 Å². The Balaban J connectivity index is 1.22. The van der Waals surface area contributed by atoms with Crippen molar-refractivity contribution in [3.05, 3.63) is 101 Å². The van der Waals surface area contributed by atoms with Gasteiger partial charge in [-0.3, -0.25) is 0 Å². The largest absolute Gasteiger partial charge is 0.477 e. The molecule has 0 fully saturated rings. The standard InChI is InChI=1S/C27H22N2O4/c30-26(31)25-22(21-12-5-6-14-24(21)29-25)13-7-15-28-27(32)33-16-23-19-10-3-1-8-17(19)18-9-2-4-11-20(18)23/h1-14,23,29H,15-16H2,(H,28,32)(H,30,31). The molecule has 3 N–H and O–H groups in total. The van der Waals surface area contributed by atoms with E-state index in [1.807, 2.05) is 48.5 Å². The molecular formula is C27H22N2O4. The summed E-state index contributed by atoms with van der Waals surface area (Å²) >= 11 is 0. The van der Waals surface area contributed by atoms with Gasteiger partial charge in [-0.25, -0.2) is 9.59 Å². The number of fused-ring (bicyclic) bond motifs is 4. The number of para-hydroxylation sites is 1. The maximum Gasteiger partial charge on any atom is 0.407 e.